The Labute approximate surface area is 63.7 Å². The number of allylic oxidation sites excluding steroid dienone is 1. The molecule has 1 aliphatic rings. The minimum atomic E-state index is -1.38. The lowest BCUT2D eigenvalue weighted by atomic mass is 10.1. The van der Waals surface area contributed by atoms with Gasteiger partial charge in [0.05, 0.1) is 0 Å². The average Bonchev–Trinajstić information content (AvgIpc) is 2.63. The van der Waals surface area contributed by atoms with E-state index in [1.54, 1.807) is 0 Å². The highest BCUT2D eigenvalue weighted by molar-refractivity contribution is 6.06. The molecule has 0 spiro atoms. The van der Waals surface area contributed by atoms with Crippen molar-refractivity contribution in [1.82, 2.24) is 0 Å². The first-order valence-corrected chi connectivity index (χ1v) is 3.24. The predicted molar refractivity (Wildman–Crippen MR) is 37.9 cm³/mol. The van der Waals surface area contributed by atoms with E-state index in [9.17, 15) is 9.59 Å². The Bertz CT molecular complexity index is 234. The Balaban J connectivity index is 2.55. The van der Waals surface area contributed by atoms with Crippen molar-refractivity contribution in [3.8, 4) is 0 Å². The molecule has 0 bridgehead atoms. The van der Waals surface area contributed by atoms with E-state index in [4.69, 9.17) is 10.8 Å². The molecule has 2 unspecified atom stereocenters. The summed E-state index contributed by atoms with van der Waals surface area (Å²) in [5.74, 6) is -1.99. The molecular weight excluding hydrogens is 146 g/mol. The quantitative estimate of drug-likeness (QED) is 0.427. The van der Waals surface area contributed by atoms with Gasteiger partial charge in [0.15, 0.2) is 11.8 Å². The van der Waals surface area contributed by atoms with E-state index < -0.39 is 17.8 Å². The molecule has 1 aliphatic carbocycles. The molecule has 4 nitrogen and oxygen atoms in total. The van der Waals surface area contributed by atoms with Crippen molar-refractivity contribution >= 4 is 11.8 Å². The van der Waals surface area contributed by atoms with Gasteiger partial charge in [-0.1, -0.05) is 12.2 Å². The molecule has 60 valence electrons. The average molecular weight is 155 g/mol. The van der Waals surface area contributed by atoms with Gasteiger partial charge in [-0.05, 0) is 6.42 Å². The van der Waals surface area contributed by atoms with Crippen LogP contribution in [0.15, 0.2) is 12.2 Å². The molecular formula is C7H9NO3. The van der Waals surface area contributed by atoms with Gasteiger partial charge in [0, 0.05) is 5.92 Å². The molecule has 0 saturated heterocycles. The topological polar surface area (TPSA) is 80.4 Å². The number of carbonyl (C=O) groups is 2. The number of hydrogen-bond acceptors (Lipinski definition) is 3. The summed E-state index contributed by atoms with van der Waals surface area (Å²) in [5.41, 5.74) is 5.86. The molecule has 0 amide bonds. The first-order valence-electron chi connectivity index (χ1n) is 3.24. The van der Waals surface area contributed by atoms with Crippen LogP contribution in [0.2, 0.25) is 0 Å². The van der Waals surface area contributed by atoms with Crippen LogP contribution in [0.4, 0.5) is 0 Å². The standard InChI is InChI=1S/C7H9NO3/c1-3-2-4(3)6(9)5(8)7(10)11/h4-5H,1-2,8H2,(H,10,11). The molecule has 4 heteroatoms. The lowest BCUT2D eigenvalue weighted by Gasteiger charge is -2.01. The smallest absolute Gasteiger partial charge is 0.328 e. The van der Waals surface area contributed by atoms with Crippen molar-refractivity contribution < 1.29 is 14.7 Å². The van der Waals surface area contributed by atoms with Crippen LogP contribution in [-0.4, -0.2) is 22.9 Å². The van der Waals surface area contributed by atoms with Crippen LogP contribution in [0.1, 0.15) is 6.42 Å². The van der Waals surface area contributed by atoms with Gasteiger partial charge >= 0.3 is 5.97 Å². The van der Waals surface area contributed by atoms with Crippen LogP contribution in [0.5, 0.6) is 0 Å². The van der Waals surface area contributed by atoms with Crippen molar-refractivity contribution in [3.05, 3.63) is 12.2 Å². The molecule has 0 aromatic carbocycles. The Kier molecular flexibility index (Phi) is 1.78. The molecule has 11 heavy (non-hydrogen) atoms. The summed E-state index contributed by atoms with van der Waals surface area (Å²) in [6, 6.07) is -1.38. The van der Waals surface area contributed by atoms with Gasteiger partial charge in [0.2, 0.25) is 0 Å². The predicted octanol–water partition coefficient (Wildman–Crippen LogP) is -0.457. The van der Waals surface area contributed by atoms with E-state index in [1.807, 2.05) is 0 Å². The number of nitrogens with two attached hydrogens (primary N) is 1. The Morgan fingerprint density at radius 2 is 2.18 bits per heavy atom. The minimum Gasteiger partial charge on any atom is -0.480 e. The normalized spacial score (nSPS) is 24.5. The maximum atomic E-state index is 11.0. The van der Waals surface area contributed by atoms with Crippen molar-refractivity contribution in [1.29, 1.82) is 0 Å². The van der Waals surface area contributed by atoms with E-state index in [0.717, 1.165) is 5.57 Å². The highest BCUT2D eigenvalue weighted by Gasteiger charge is 2.39. The van der Waals surface area contributed by atoms with E-state index in [2.05, 4.69) is 6.58 Å². The summed E-state index contributed by atoms with van der Waals surface area (Å²) in [6.07, 6.45) is 0.597. The lowest BCUT2D eigenvalue weighted by molar-refractivity contribution is -0.142. The number of carboxylic acids is 1. The summed E-state index contributed by atoms with van der Waals surface area (Å²) in [4.78, 5) is 21.2. The zero-order valence-electron chi connectivity index (χ0n) is 5.91. The highest BCUT2D eigenvalue weighted by atomic mass is 16.4. The summed E-state index contributed by atoms with van der Waals surface area (Å²) >= 11 is 0. The number of Topliss-reactive ketones (excluding diaryl/α,β-unsaturated/α-hetero) is 1. The van der Waals surface area contributed by atoms with Gasteiger partial charge in [0.25, 0.3) is 0 Å². The van der Waals surface area contributed by atoms with Crippen molar-refractivity contribution in [3.63, 3.8) is 0 Å². The molecule has 3 N–H and O–H groups in total. The van der Waals surface area contributed by atoms with E-state index >= 15 is 0 Å². The third-order valence-corrected chi connectivity index (χ3v) is 1.72. The first kappa shape index (κ1) is 7.94. The Morgan fingerprint density at radius 3 is 2.45 bits per heavy atom. The molecule has 0 aromatic rings. The molecule has 0 heterocycles. The second-order valence-corrected chi connectivity index (χ2v) is 2.63. The Hall–Kier alpha value is -1.16. The third kappa shape index (κ3) is 1.46. The van der Waals surface area contributed by atoms with E-state index in [0.29, 0.717) is 6.42 Å². The lowest BCUT2D eigenvalue weighted by Crippen LogP contribution is -2.39. The van der Waals surface area contributed by atoms with Crippen LogP contribution in [0.3, 0.4) is 0 Å². The van der Waals surface area contributed by atoms with E-state index in [-0.39, 0.29) is 5.92 Å². The van der Waals surface area contributed by atoms with Gasteiger partial charge in [0.1, 0.15) is 0 Å². The molecule has 1 saturated carbocycles. The van der Waals surface area contributed by atoms with Gasteiger partial charge < -0.3 is 10.8 Å². The van der Waals surface area contributed by atoms with Crippen molar-refractivity contribution in [2.24, 2.45) is 11.7 Å². The fourth-order valence-corrected chi connectivity index (χ4v) is 0.843. The zero-order valence-corrected chi connectivity index (χ0v) is 5.91. The van der Waals surface area contributed by atoms with Crippen LogP contribution in [0, 0.1) is 5.92 Å². The fourth-order valence-electron chi connectivity index (χ4n) is 0.843. The molecule has 0 aromatic heterocycles. The molecule has 2 atom stereocenters. The van der Waals surface area contributed by atoms with E-state index in [1.165, 1.54) is 0 Å². The summed E-state index contributed by atoms with van der Waals surface area (Å²) in [7, 11) is 0. The van der Waals surface area contributed by atoms with Crippen LogP contribution in [0.25, 0.3) is 0 Å². The van der Waals surface area contributed by atoms with Crippen molar-refractivity contribution in [2.75, 3.05) is 0 Å². The Morgan fingerprint density at radius 1 is 1.73 bits per heavy atom. The monoisotopic (exact) mass is 155 g/mol. The number of carboxylic acid groups (broad SMARTS) is 1. The molecule has 1 fully saturated rings. The van der Waals surface area contributed by atoms with Gasteiger partial charge in [-0.25, -0.2) is 0 Å². The summed E-state index contributed by atoms with van der Waals surface area (Å²) < 4.78 is 0. The maximum absolute atomic E-state index is 11.0. The zero-order chi connectivity index (χ0) is 8.59. The van der Waals surface area contributed by atoms with Crippen LogP contribution >= 0.6 is 0 Å². The van der Waals surface area contributed by atoms with Gasteiger partial charge in [-0.2, -0.15) is 0 Å². The maximum Gasteiger partial charge on any atom is 0.328 e. The summed E-state index contributed by atoms with van der Waals surface area (Å²) in [6.45, 7) is 3.54. The molecule has 0 aliphatic heterocycles. The van der Waals surface area contributed by atoms with Crippen molar-refractivity contribution in [2.45, 2.75) is 12.5 Å². The minimum absolute atomic E-state index is 0.291. The van der Waals surface area contributed by atoms with Crippen LogP contribution in [-0.2, 0) is 9.59 Å². The fraction of sp³-hybridized carbons (Fsp3) is 0.429. The van der Waals surface area contributed by atoms with Crippen LogP contribution < -0.4 is 5.73 Å². The SMILES string of the molecule is C=C1CC1C(=O)C(N)C(=O)O. The highest BCUT2D eigenvalue weighted by Crippen LogP contribution is 2.36. The number of hydrogen-bond donors (Lipinski definition) is 2. The molecule has 1 rings (SSSR count). The number of aliphatic carboxylic acids is 1. The van der Waals surface area contributed by atoms with Gasteiger partial charge in [-0.3, -0.25) is 9.59 Å². The second-order valence-electron chi connectivity index (χ2n) is 2.63. The number of carbonyl (C=O) groups excluding carboxylic acids is 1. The molecule has 0 radical (unpaired) electrons. The number of rotatable bonds is 3. The number of ketones is 1. The second kappa shape index (κ2) is 2.47. The van der Waals surface area contributed by atoms with Gasteiger partial charge in [-0.15, -0.1) is 0 Å². The largest absolute Gasteiger partial charge is 0.480 e. The third-order valence-electron chi connectivity index (χ3n) is 1.72. The summed E-state index contributed by atoms with van der Waals surface area (Å²) in [5, 5.41) is 8.34. The first-order chi connectivity index (χ1) is 5.04.